The molecular weight excluding hydrogens is 310 g/mol. The van der Waals surface area contributed by atoms with Crippen LogP contribution in [0.25, 0.3) is 0 Å². The molecule has 3 heteroatoms. The van der Waals surface area contributed by atoms with E-state index in [0.29, 0.717) is 17.4 Å². The lowest BCUT2D eigenvalue weighted by Crippen LogP contribution is -2.36. The van der Waals surface area contributed by atoms with Crippen molar-refractivity contribution in [3.8, 4) is 0 Å². The van der Waals surface area contributed by atoms with E-state index in [1.54, 1.807) is 0 Å². The van der Waals surface area contributed by atoms with E-state index in [0.717, 1.165) is 15.2 Å². The van der Waals surface area contributed by atoms with Gasteiger partial charge in [0.25, 0.3) is 0 Å². The van der Waals surface area contributed by atoms with Crippen LogP contribution >= 0.6 is 27.5 Å². The number of hydrogen-bond acceptors (Lipinski definition) is 1. The molecule has 2 atom stereocenters. The van der Waals surface area contributed by atoms with Crippen molar-refractivity contribution < 1.29 is 0 Å². The van der Waals surface area contributed by atoms with E-state index in [4.69, 9.17) is 11.6 Å². The zero-order valence-electron chi connectivity index (χ0n) is 11.3. The van der Waals surface area contributed by atoms with Gasteiger partial charge in [-0.3, -0.25) is 0 Å². The molecule has 0 radical (unpaired) electrons. The van der Waals surface area contributed by atoms with Gasteiger partial charge in [0.2, 0.25) is 0 Å². The Labute approximate surface area is 123 Å². The van der Waals surface area contributed by atoms with Crippen molar-refractivity contribution in [1.82, 2.24) is 0 Å². The molecule has 0 saturated heterocycles. The minimum Gasteiger partial charge on any atom is -0.381 e. The van der Waals surface area contributed by atoms with Crippen molar-refractivity contribution >= 4 is 33.2 Å². The Morgan fingerprint density at radius 1 is 1.39 bits per heavy atom. The van der Waals surface area contributed by atoms with Crippen LogP contribution in [0.2, 0.25) is 5.02 Å². The smallest absolute Gasteiger partial charge is 0.0638 e. The fourth-order valence-electron chi connectivity index (χ4n) is 2.97. The summed E-state index contributed by atoms with van der Waals surface area (Å²) >= 11 is 9.73. The Morgan fingerprint density at radius 2 is 2.11 bits per heavy atom. The fourth-order valence-corrected chi connectivity index (χ4v) is 3.50. The van der Waals surface area contributed by atoms with E-state index < -0.39 is 0 Å². The molecule has 1 fully saturated rings. The Hall–Kier alpha value is -0.210. The monoisotopic (exact) mass is 329 g/mol. The summed E-state index contributed by atoms with van der Waals surface area (Å²) in [5, 5.41) is 4.42. The first-order valence-corrected chi connectivity index (χ1v) is 7.76. The van der Waals surface area contributed by atoms with Gasteiger partial charge in [-0.05, 0) is 48.8 Å². The quantitative estimate of drug-likeness (QED) is 0.730. The molecule has 1 saturated carbocycles. The first-order valence-electron chi connectivity index (χ1n) is 6.59. The van der Waals surface area contributed by atoms with E-state index in [2.05, 4.69) is 48.1 Å². The Morgan fingerprint density at radius 3 is 2.78 bits per heavy atom. The Bertz CT molecular complexity index is 431. The molecule has 0 spiro atoms. The zero-order chi connectivity index (χ0) is 13.3. The van der Waals surface area contributed by atoms with Crippen LogP contribution in [-0.4, -0.2) is 6.04 Å². The summed E-state index contributed by atoms with van der Waals surface area (Å²) < 4.78 is 1.07. The van der Waals surface area contributed by atoms with E-state index in [-0.39, 0.29) is 0 Å². The maximum atomic E-state index is 6.24. The normalized spacial score (nSPS) is 26.9. The van der Waals surface area contributed by atoms with Crippen LogP contribution in [0.5, 0.6) is 0 Å². The third-order valence-corrected chi connectivity index (χ3v) is 4.79. The van der Waals surface area contributed by atoms with Gasteiger partial charge >= 0.3 is 0 Å². The molecule has 1 aromatic carbocycles. The minimum absolute atomic E-state index is 0.485. The highest BCUT2D eigenvalue weighted by atomic mass is 79.9. The standard InChI is InChI=1S/C15H21BrClN/c1-10-9-15(2,3)7-6-13(10)18-14-8-11(16)4-5-12(14)17/h4-5,8,10,13,18H,6-7,9H2,1-3H3. The number of anilines is 1. The maximum absolute atomic E-state index is 6.24. The maximum Gasteiger partial charge on any atom is 0.0638 e. The van der Waals surface area contributed by atoms with Crippen LogP contribution in [0.1, 0.15) is 40.0 Å². The second kappa shape index (κ2) is 5.42. The number of halogens is 2. The highest BCUT2D eigenvalue weighted by molar-refractivity contribution is 9.10. The lowest BCUT2D eigenvalue weighted by molar-refractivity contribution is 0.177. The molecule has 0 amide bonds. The lowest BCUT2D eigenvalue weighted by Gasteiger charge is -2.40. The van der Waals surface area contributed by atoms with Crippen molar-refractivity contribution in [2.24, 2.45) is 11.3 Å². The SMILES string of the molecule is CC1CC(C)(C)CCC1Nc1cc(Br)ccc1Cl. The van der Waals surface area contributed by atoms with Gasteiger partial charge in [-0.2, -0.15) is 0 Å². The van der Waals surface area contributed by atoms with Crippen molar-refractivity contribution in [2.75, 3.05) is 5.32 Å². The van der Waals surface area contributed by atoms with Gasteiger partial charge in [-0.15, -0.1) is 0 Å². The molecule has 0 bridgehead atoms. The molecule has 1 aromatic rings. The van der Waals surface area contributed by atoms with Gasteiger partial charge in [0, 0.05) is 10.5 Å². The van der Waals surface area contributed by atoms with Crippen molar-refractivity contribution in [2.45, 2.75) is 46.1 Å². The van der Waals surface area contributed by atoms with Crippen LogP contribution in [0.4, 0.5) is 5.69 Å². The predicted octanol–water partition coefficient (Wildman–Crippen LogP) is 5.73. The summed E-state index contributed by atoms with van der Waals surface area (Å²) in [4.78, 5) is 0. The van der Waals surface area contributed by atoms with Crippen LogP contribution in [0.15, 0.2) is 22.7 Å². The predicted molar refractivity (Wildman–Crippen MR) is 83.4 cm³/mol. The molecule has 100 valence electrons. The summed E-state index contributed by atoms with van der Waals surface area (Å²) in [7, 11) is 0. The molecule has 1 N–H and O–H groups in total. The number of benzene rings is 1. The molecule has 1 aliphatic carbocycles. The van der Waals surface area contributed by atoms with Gasteiger partial charge < -0.3 is 5.32 Å². The van der Waals surface area contributed by atoms with E-state index in [1.807, 2.05) is 12.1 Å². The number of hydrogen-bond donors (Lipinski definition) is 1. The van der Waals surface area contributed by atoms with Crippen LogP contribution in [0.3, 0.4) is 0 Å². The number of nitrogens with one attached hydrogen (secondary N) is 1. The van der Waals surface area contributed by atoms with Gasteiger partial charge in [0.1, 0.15) is 0 Å². The fraction of sp³-hybridized carbons (Fsp3) is 0.600. The first kappa shape index (κ1) is 14.2. The van der Waals surface area contributed by atoms with Crippen LogP contribution in [0, 0.1) is 11.3 Å². The van der Waals surface area contributed by atoms with E-state index in [9.17, 15) is 0 Å². The second-order valence-electron chi connectivity index (χ2n) is 6.26. The summed E-state index contributed by atoms with van der Waals surface area (Å²) in [6.07, 6.45) is 3.77. The highest BCUT2D eigenvalue weighted by Gasteiger charge is 2.32. The highest BCUT2D eigenvalue weighted by Crippen LogP contribution is 2.40. The summed E-state index contributed by atoms with van der Waals surface area (Å²) in [5.41, 5.74) is 1.53. The molecule has 18 heavy (non-hydrogen) atoms. The summed E-state index contributed by atoms with van der Waals surface area (Å²) in [6, 6.07) is 6.51. The van der Waals surface area contributed by atoms with Crippen molar-refractivity contribution in [1.29, 1.82) is 0 Å². The molecule has 1 nitrogen and oxygen atoms in total. The average Bonchev–Trinajstić information content (AvgIpc) is 2.26. The molecule has 0 aliphatic heterocycles. The minimum atomic E-state index is 0.485. The van der Waals surface area contributed by atoms with Gasteiger partial charge in [-0.25, -0.2) is 0 Å². The topological polar surface area (TPSA) is 12.0 Å². The van der Waals surface area contributed by atoms with Gasteiger partial charge in [0.05, 0.1) is 10.7 Å². The molecule has 0 aromatic heterocycles. The largest absolute Gasteiger partial charge is 0.381 e. The second-order valence-corrected chi connectivity index (χ2v) is 7.58. The Kier molecular flexibility index (Phi) is 4.28. The van der Waals surface area contributed by atoms with E-state index in [1.165, 1.54) is 19.3 Å². The molecule has 0 heterocycles. The van der Waals surface area contributed by atoms with Crippen molar-refractivity contribution in [3.05, 3.63) is 27.7 Å². The molecule has 1 aliphatic rings. The molecular formula is C15H21BrClN. The summed E-state index contributed by atoms with van der Waals surface area (Å²) in [5.74, 6) is 0.684. The third-order valence-electron chi connectivity index (χ3n) is 3.96. The average molecular weight is 331 g/mol. The van der Waals surface area contributed by atoms with Gasteiger partial charge in [-0.1, -0.05) is 48.3 Å². The number of rotatable bonds is 2. The van der Waals surface area contributed by atoms with Crippen LogP contribution in [-0.2, 0) is 0 Å². The first-order chi connectivity index (χ1) is 8.37. The Balaban J connectivity index is 2.08. The van der Waals surface area contributed by atoms with Gasteiger partial charge in [0.15, 0.2) is 0 Å². The van der Waals surface area contributed by atoms with E-state index >= 15 is 0 Å². The molecule has 2 unspecified atom stereocenters. The lowest BCUT2D eigenvalue weighted by atomic mass is 9.70. The van der Waals surface area contributed by atoms with Crippen LogP contribution < -0.4 is 5.32 Å². The zero-order valence-corrected chi connectivity index (χ0v) is 13.6. The van der Waals surface area contributed by atoms with Crippen molar-refractivity contribution in [3.63, 3.8) is 0 Å². The summed E-state index contributed by atoms with van der Waals surface area (Å²) in [6.45, 7) is 7.07. The molecule has 2 rings (SSSR count). The third kappa shape index (κ3) is 3.42.